The number of hydrogen-bond acceptors (Lipinski definition) is 5. The zero-order valence-electron chi connectivity index (χ0n) is 16.0. The van der Waals surface area contributed by atoms with Gasteiger partial charge in [-0.05, 0) is 43.2 Å². The van der Waals surface area contributed by atoms with Crippen molar-refractivity contribution in [2.24, 2.45) is 11.8 Å². The van der Waals surface area contributed by atoms with Crippen molar-refractivity contribution in [3.05, 3.63) is 24.5 Å². The molecule has 0 bridgehead atoms. The monoisotopic (exact) mass is 385 g/mol. The van der Waals surface area contributed by atoms with Gasteiger partial charge in [-0.25, -0.2) is 0 Å². The normalized spacial score (nSPS) is 25.3. The molecule has 1 amide bonds. The number of thioether (sulfide) groups is 1. The third kappa shape index (κ3) is 4.18. The molecule has 4 rings (SSSR count). The minimum absolute atomic E-state index is 0.0965. The van der Waals surface area contributed by atoms with Crippen molar-refractivity contribution in [3.8, 4) is 11.4 Å². The fourth-order valence-electron chi connectivity index (χ4n) is 3.89. The molecule has 0 radical (unpaired) electrons. The summed E-state index contributed by atoms with van der Waals surface area (Å²) in [5.41, 5.74) is 0.971. The number of hydrogen-bond donors (Lipinski definition) is 1. The van der Waals surface area contributed by atoms with Crippen LogP contribution in [0.4, 0.5) is 0 Å². The Bertz CT molecular complexity index is 789. The Labute approximate surface area is 164 Å². The average Bonchev–Trinajstić information content (AvgIpc) is 3.43. The second-order valence-corrected chi connectivity index (χ2v) is 8.82. The van der Waals surface area contributed by atoms with Crippen LogP contribution in [-0.4, -0.2) is 37.5 Å². The molecule has 0 spiro atoms. The molecule has 144 valence electrons. The van der Waals surface area contributed by atoms with E-state index in [2.05, 4.69) is 38.9 Å². The summed E-state index contributed by atoms with van der Waals surface area (Å²) in [6, 6.07) is 4.66. The number of pyridine rings is 1. The molecule has 0 saturated heterocycles. The van der Waals surface area contributed by atoms with Crippen LogP contribution in [0.15, 0.2) is 29.7 Å². The van der Waals surface area contributed by atoms with E-state index in [-0.39, 0.29) is 5.91 Å². The van der Waals surface area contributed by atoms with Gasteiger partial charge in [0, 0.05) is 30.0 Å². The molecule has 27 heavy (non-hydrogen) atoms. The van der Waals surface area contributed by atoms with Crippen molar-refractivity contribution in [1.82, 2.24) is 25.1 Å². The van der Waals surface area contributed by atoms with Crippen molar-refractivity contribution >= 4 is 17.7 Å². The van der Waals surface area contributed by atoms with E-state index in [0.717, 1.165) is 35.8 Å². The summed E-state index contributed by atoms with van der Waals surface area (Å²) in [6.45, 7) is 4.54. The summed E-state index contributed by atoms with van der Waals surface area (Å²) in [4.78, 5) is 16.7. The van der Waals surface area contributed by atoms with E-state index in [1.807, 2.05) is 18.3 Å². The fourth-order valence-corrected chi connectivity index (χ4v) is 4.71. The zero-order valence-corrected chi connectivity index (χ0v) is 16.8. The molecule has 2 aromatic rings. The summed E-state index contributed by atoms with van der Waals surface area (Å²) in [6.07, 6.45) is 9.42. The van der Waals surface area contributed by atoms with Crippen LogP contribution in [-0.2, 0) is 4.79 Å². The Hall–Kier alpha value is -1.89. The highest BCUT2D eigenvalue weighted by Crippen LogP contribution is 2.41. The molecule has 3 atom stereocenters. The lowest BCUT2D eigenvalue weighted by Gasteiger charge is -2.34. The Morgan fingerprint density at radius 3 is 2.85 bits per heavy atom. The van der Waals surface area contributed by atoms with Crippen LogP contribution >= 0.6 is 11.8 Å². The Morgan fingerprint density at radius 2 is 2.11 bits per heavy atom. The highest BCUT2D eigenvalue weighted by atomic mass is 32.2. The Balaban J connectivity index is 1.41. The SMILES string of the molecule is C[C@@H]1[C@H](C)CCC[C@H]1NC(=O)CSc1nnc(-c2cccnc2)n1C1CC1. The molecular formula is C20H27N5OS. The van der Waals surface area contributed by atoms with Gasteiger partial charge in [-0.15, -0.1) is 10.2 Å². The molecular weight excluding hydrogens is 358 g/mol. The number of carbonyl (C=O) groups is 1. The van der Waals surface area contributed by atoms with E-state index < -0.39 is 0 Å². The number of amides is 1. The largest absolute Gasteiger partial charge is 0.352 e. The second kappa shape index (κ2) is 8.00. The van der Waals surface area contributed by atoms with Gasteiger partial charge in [0.05, 0.1) is 5.75 Å². The first kappa shape index (κ1) is 18.5. The first-order chi connectivity index (χ1) is 13.1. The third-order valence-electron chi connectivity index (χ3n) is 5.88. The molecule has 6 nitrogen and oxygen atoms in total. The maximum atomic E-state index is 12.5. The molecule has 2 aliphatic rings. The van der Waals surface area contributed by atoms with E-state index in [9.17, 15) is 4.79 Å². The third-order valence-corrected chi connectivity index (χ3v) is 6.82. The number of carbonyl (C=O) groups excluding carboxylic acids is 1. The van der Waals surface area contributed by atoms with Gasteiger partial charge in [-0.3, -0.25) is 14.3 Å². The average molecular weight is 386 g/mol. The lowest BCUT2D eigenvalue weighted by atomic mass is 9.78. The van der Waals surface area contributed by atoms with Gasteiger partial charge in [0.1, 0.15) is 0 Å². The fraction of sp³-hybridized carbons (Fsp3) is 0.600. The molecule has 2 saturated carbocycles. The van der Waals surface area contributed by atoms with Gasteiger partial charge in [0.15, 0.2) is 11.0 Å². The minimum Gasteiger partial charge on any atom is -0.352 e. The van der Waals surface area contributed by atoms with Gasteiger partial charge < -0.3 is 5.32 Å². The highest BCUT2D eigenvalue weighted by molar-refractivity contribution is 7.99. The van der Waals surface area contributed by atoms with Gasteiger partial charge in [0.25, 0.3) is 0 Å². The molecule has 0 aliphatic heterocycles. The summed E-state index contributed by atoms with van der Waals surface area (Å²) < 4.78 is 2.18. The van der Waals surface area contributed by atoms with E-state index in [4.69, 9.17) is 0 Å². The molecule has 0 aromatic carbocycles. The van der Waals surface area contributed by atoms with Crippen molar-refractivity contribution < 1.29 is 4.79 Å². The standard InChI is InChI=1S/C20H27N5OS/c1-13-5-3-7-17(14(13)2)22-18(26)12-27-20-24-23-19(25(20)16-8-9-16)15-6-4-10-21-11-15/h4,6,10-11,13-14,16-17H,3,5,7-9,12H2,1-2H3,(H,22,26)/t13-,14-,17-/m1/s1. The van der Waals surface area contributed by atoms with Crippen molar-refractivity contribution in [1.29, 1.82) is 0 Å². The van der Waals surface area contributed by atoms with Crippen LogP contribution in [0.5, 0.6) is 0 Å². The Kier molecular flexibility index (Phi) is 5.48. The number of nitrogens with one attached hydrogen (secondary N) is 1. The summed E-state index contributed by atoms with van der Waals surface area (Å²) in [7, 11) is 0. The first-order valence-corrected chi connectivity index (χ1v) is 10.9. The van der Waals surface area contributed by atoms with E-state index in [0.29, 0.717) is 29.7 Å². The van der Waals surface area contributed by atoms with Crippen molar-refractivity contribution in [2.75, 3.05) is 5.75 Å². The summed E-state index contributed by atoms with van der Waals surface area (Å²) in [5.74, 6) is 2.55. The molecule has 7 heteroatoms. The molecule has 2 heterocycles. The van der Waals surface area contributed by atoms with Gasteiger partial charge in [-0.2, -0.15) is 0 Å². The number of nitrogens with zero attached hydrogens (tertiary/aromatic N) is 4. The van der Waals surface area contributed by atoms with Crippen LogP contribution < -0.4 is 5.32 Å². The zero-order chi connectivity index (χ0) is 18.8. The Morgan fingerprint density at radius 1 is 1.26 bits per heavy atom. The first-order valence-electron chi connectivity index (χ1n) is 9.91. The predicted octanol–water partition coefficient (Wildman–Crippen LogP) is 3.71. The van der Waals surface area contributed by atoms with E-state index in [1.54, 1.807) is 6.20 Å². The minimum atomic E-state index is 0.0965. The topological polar surface area (TPSA) is 72.7 Å². The quantitative estimate of drug-likeness (QED) is 0.768. The molecule has 2 aromatic heterocycles. The van der Waals surface area contributed by atoms with Gasteiger partial charge in [-0.1, -0.05) is 38.5 Å². The smallest absolute Gasteiger partial charge is 0.230 e. The molecule has 0 unspecified atom stereocenters. The maximum absolute atomic E-state index is 12.5. The van der Waals surface area contributed by atoms with Crippen LogP contribution in [0.1, 0.15) is 52.0 Å². The van der Waals surface area contributed by atoms with Gasteiger partial charge >= 0.3 is 0 Å². The lowest BCUT2D eigenvalue weighted by molar-refractivity contribution is -0.120. The second-order valence-electron chi connectivity index (χ2n) is 7.88. The van der Waals surface area contributed by atoms with E-state index in [1.165, 1.54) is 24.6 Å². The van der Waals surface area contributed by atoms with Crippen molar-refractivity contribution in [2.45, 2.75) is 63.2 Å². The molecule has 1 N–H and O–H groups in total. The van der Waals surface area contributed by atoms with Gasteiger partial charge in [0.2, 0.25) is 5.91 Å². The summed E-state index contributed by atoms with van der Waals surface area (Å²) >= 11 is 1.49. The predicted molar refractivity (Wildman–Crippen MR) is 106 cm³/mol. The number of aromatic nitrogens is 4. The lowest BCUT2D eigenvalue weighted by Crippen LogP contribution is -2.44. The summed E-state index contributed by atoms with van der Waals surface area (Å²) in [5, 5.41) is 12.8. The van der Waals surface area contributed by atoms with Crippen LogP contribution in [0.3, 0.4) is 0 Å². The molecule has 2 fully saturated rings. The number of rotatable bonds is 6. The maximum Gasteiger partial charge on any atom is 0.230 e. The van der Waals surface area contributed by atoms with Crippen LogP contribution in [0.2, 0.25) is 0 Å². The van der Waals surface area contributed by atoms with Crippen LogP contribution in [0, 0.1) is 11.8 Å². The van der Waals surface area contributed by atoms with Crippen LogP contribution in [0.25, 0.3) is 11.4 Å². The molecule has 2 aliphatic carbocycles. The highest BCUT2D eigenvalue weighted by Gasteiger charge is 2.31. The van der Waals surface area contributed by atoms with Crippen molar-refractivity contribution in [3.63, 3.8) is 0 Å². The van der Waals surface area contributed by atoms with E-state index >= 15 is 0 Å².